The van der Waals surface area contributed by atoms with Crippen molar-refractivity contribution < 1.29 is 4.74 Å². The van der Waals surface area contributed by atoms with Gasteiger partial charge in [0.05, 0.1) is 0 Å². The van der Waals surface area contributed by atoms with E-state index in [0.29, 0.717) is 0 Å². The first-order valence-electron chi connectivity index (χ1n) is 6.72. The van der Waals surface area contributed by atoms with Crippen LogP contribution >= 0.6 is 0 Å². The molecule has 0 saturated carbocycles. The van der Waals surface area contributed by atoms with Crippen LogP contribution in [0.2, 0.25) is 0 Å². The van der Waals surface area contributed by atoms with Crippen molar-refractivity contribution in [1.82, 2.24) is 5.32 Å². The minimum Gasteiger partial charge on any atom is -0.381 e. The quantitative estimate of drug-likeness (QED) is 0.687. The van der Waals surface area contributed by atoms with Crippen molar-refractivity contribution in [3.05, 3.63) is 0 Å². The summed E-state index contributed by atoms with van der Waals surface area (Å²) < 4.78 is 5.32. The highest BCUT2D eigenvalue weighted by Crippen LogP contribution is 2.17. The molecule has 0 atom stereocenters. The molecule has 0 aromatic rings. The summed E-state index contributed by atoms with van der Waals surface area (Å²) in [6, 6.07) is 0. The molecule has 1 aliphatic heterocycles. The van der Waals surface area contributed by atoms with E-state index < -0.39 is 0 Å². The summed E-state index contributed by atoms with van der Waals surface area (Å²) in [5.41, 5.74) is 0. The number of rotatable bonds is 6. The molecule has 2 nitrogen and oxygen atoms in total. The average molecular weight is 215 g/mol. The summed E-state index contributed by atoms with van der Waals surface area (Å²) in [7, 11) is 0. The van der Waals surface area contributed by atoms with Gasteiger partial charge in [0.1, 0.15) is 0 Å². The van der Waals surface area contributed by atoms with E-state index in [9.17, 15) is 0 Å². The zero-order valence-corrected chi connectivity index (χ0v) is 10.8. The number of nitrogens with one attached hydrogen (secondary N) is 1. The standard InChI is InChI=1S/C11H23NO.C2H6/c1-2-3-7-12-8-4-11-5-9-13-10-6-11;1-2/h11-12H,2-10H2,1H3;1-2H3. The van der Waals surface area contributed by atoms with E-state index in [1.807, 2.05) is 13.8 Å². The van der Waals surface area contributed by atoms with Crippen molar-refractivity contribution in [3.8, 4) is 0 Å². The largest absolute Gasteiger partial charge is 0.381 e. The molecule has 0 amide bonds. The molecule has 2 heteroatoms. The molecule has 0 spiro atoms. The minimum atomic E-state index is 0.919. The van der Waals surface area contributed by atoms with Crippen LogP contribution in [0.4, 0.5) is 0 Å². The molecule has 92 valence electrons. The smallest absolute Gasteiger partial charge is 0.0468 e. The molecule has 0 unspecified atom stereocenters. The van der Waals surface area contributed by atoms with Gasteiger partial charge in [0.2, 0.25) is 0 Å². The maximum Gasteiger partial charge on any atom is 0.0468 e. The second-order valence-corrected chi connectivity index (χ2v) is 3.95. The van der Waals surface area contributed by atoms with Crippen LogP contribution in [-0.4, -0.2) is 26.3 Å². The lowest BCUT2D eigenvalue weighted by Crippen LogP contribution is -2.22. The van der Waals surface area contributed by atoms with Crippen LogP contribution in [0.15, 0.2) is 0 Å². The Kier molecular flexibility index (Phi) is 11.9. The highest BCUT2D eigenvalue weighted by Gasteiger charge is 2.12. The van der Waals surface area contributed by atoms with Gasteiger partial charge in [-0.2, -0.15) is 0 Å². The third kappa shape index (κ3) is 8.88. The first kappa shape index (κ1) is 14.9. The van der Waals surface area contributed by atoms with Crippen LogP contribution in [0.1, 0.15) is 52.9 Å². The summed E-state index contributed by atoms with van der Waals surface area (Å²) in [5.74, 6) is 0.919. The molecule has 1 saturated heterocycles. The van der Waals surface area contributed by atoms with E-state index in [2.05, 4.69) is 12.2 Å². The molecule has 15 heavy (non-hydrogen) atoms. The van der Waals surface area contributed by atoms with Crippen molar-refractivity contribution in [2.75, 3.05) is 26.3 Å². The highest BCUT2D eigenvalue weighted by molar-refractivity contribution is 4.64. The molecule has 1 heterocycles. The first-order chi connectivity index (χ1) is 7.43. The molecular weight excluding hydrogens is 186 g/mol. The Labute approximate surface area is 95.8 Å². The van der Waals surface area contributed by atoms with Gasteiger partial charge in [-0.05, 0) is 44.7 Å². The molecule has 0 aromatic heterocycles. The Bertz CT molecular complexity index is 111. The summed E-state index contributed by atoms with van der Waals surface area (Å²) in [6.45, 7) is 10.6. The van der Waals surface area contributed by atoms with Gasteiger partial charge in [0, 0.05) is 13.2 Å². The predicted molar refractivity (Wildman–Crippen MR) is 67.3 cm³/mol. The number of unbranched alkanes of at least 4 members (excludes halogenated alkanes) is 1. The number of ether oxygens (including phenoxy) is 1. The Morgan fingerprint density at radius 3 is 2.40 bits per heavy atom. The van der Waals surface area contributed by atoms with Crippen LogP contribution in [-0.2, 0) is 4.74 Å². The van der Waals surface area contributed by atoms with Gasteiger partial charge in [-0.25, -0.2) is 0 Å². The van der Waals surface area contributed by atoms with E-state index in [1.165, 1.54) is 45.2 Å². The molecule has 0 aliphatic carbocycles. The summed E-state index contributed by atoms with van der Waals surface area (Å²) in [4.78, 5) is 0. The third-order valence-corrected chi connectivity index (χ3v) is 2.78. The lowest BCUT2D eigenvalue weighted by Gasteiger charge is -2.21. The molecule has 1 N–H and O–H groups in total. The Morgan fingerprint density at radius 2 is 1.80 bits per heavy atom. The molecule has 1 fully saturated rings. The van der Waals surface area contributed by atoms with Crippen LogP contribution in [0.3, 0.4) is 0 Å². The molecule has 0 aromatic carbocycles. The van der Waals surface area contributed by atoms with Gasteiger partial charge in [0.25, 0.3) is 0 Å². The number of hydrogen-bond donors (Lipinski definition) is 1. The van der Waals surface area contributed by atoms with Crippen LogP contribution in [0.25, 0.3) is 0 Å². The normalized spacial score (nSPS) is 17.0. The van der Waals surface area contributed by atoms with E-state index in [1.54, 1.807) is 0 Å². The molecule has 1 aliphatic rings. The van der Waals surface area contributed by atoms with Gasteiger partial charge in [0.15, 0.2) is 0 Å². The van der Waals surface area contributed by atoms with Gasteiger partial charge >= 0.3 is 0 Å². The fraction of sp³-hybridized carbons (Fsp3) is 1.00. The average Bonchev–Trinajstić information content (AvgIpc) is 2.33. The lowest BCUT2D eigenvalue weighted by atomic mass is 9.97. The fourth-order valence-corrected chi connectivity index (χ4v) is 1.77. The van der Waals surface area contributed by atoms with Crippen molar-refractivity contribution in [3.63, 3.8) is 0 Å². The first-order valence-corrected chi connectivity index (χ1v) is 6.72. The van der Waals surface area contributed by atoms with Crippen LogP contribution in [0.5, 0.6) is 0 Å². The van der Waals surface area contributed by atoms with Crippen LogP contribution in [0, 0.1) is 5.92 Å². The monoisotopic (exact) mass is 215 g/mol. The van der Waals surface area contributed by atoms with Crippen LogP contribution < -0.4 is 5.32 Å². The predicted octanol–water partition coefficient (Wildman–Crippen LogP) is 3.22. The second-order valence-electron chi connectivity index (χ2n) is 3.95. The fourth-order valence-electron chi connectivity index (χ4n) is 1.77. The van der Waals surface area contributed by atoms with Crippen molar-refractivity contribution in [1.29, 1.82) is 0 Å². The maximum atomic E-state index is 5.32. The Hall–Kier alpha value is -0.0800. The lowest BCUT2D eigenvalue weighted by molar-refractivity contribution is 0.0640. The van der Waals surface area contributed by atoms with Gasteiger partial charge in [-0.3, -0.25) is 0 Å². The topological polar surface area (TPSA) is 21.3 Å². The maximum absolute atomic E-state index is 5.32. The molecule has 1 rings (SSSR count). The van der Waals surface area contributed by atoms with Gasteiger partial charge in [-0.1, -0.05) is 27.2 Å². The second kappa shape index (κ2) is 12.0. The summed E-state index contributed by atoms with van der Waals surface area (Å²) >= 11 is 0. The Morgan fingerprint density at radius 1 is 1.13 bits per heavy atom. The SMILES string of the molecule is CC.CCCCNCCC1CCOCC1. The molecule has 0 bridgehead atoms. The summed E-state index contributed by atoms with van der Waals surface area (Å²) in [5, 5.41) is 3.49. The summed E-state index contributed by atoms with van der Waals surface area (Å²) in [6.07, 6.45) is 6.50. The van der Waals surface area contributed by atoms with Gasteiger partial charge < -0.3 is 10.1 Å². The van der Waals surface area contributed by atoms with E-state index in [-0.39, 0.29) is 0 Å². The molecular formula is C13H29NO. The van der Waals surface area contributed by atoms with E-state index >= 15 is 0 Å². The highest BCUT2D eigenvalue weighted by atomic mass is 16.5. The zero-order chi connectivity index (χ0) is 11.4. The third-order valence-electron chi connectivity index (χ3n) is 2.78. The van der Waals surface area contributed by atoms with Crippen molar-refractivity contribution in [2.24, 2.45) is 5.92 Å². The zero-order valence-electron chi connectivity index (χ0n) is 10.8. The minimum absolute atomic E-state index is 0.919. The Balaban J connectivity index is 0.000000921. The van der Waals surface area contributed by atoms with Gasteiger partial charge in [-0.15, -0.1) is 0 Å². The number of hydrogen-bond acceptors (Lipinski definition) is 2. The van der Waals surface area contributed by atoms with Crippen molar-refractivity contribution >= 4 is 0 Å². The van der Waals surface area contributed by atoms with Crippen molar-refractivity contribution in [2.45, 2.75) is 52.9 Å². The molecule has 0 radical (unpaired) electrons. The van der Waals surface area contributed by atoms with E-state index in [4.69, 9.17) is 4.74 Å². The van der Waals surface area contributed by atoms with E-state index in [0.717, 1.165) is 19.1 Å².